The van der Waals surface area contributed by atoms with Crippen molar-refractivity contribution in [1.82, 2.24) is 0 Å². The van der Waals surface area contributed by atoms with E-state index in [0.29, 0.717) is 19.4 Å². The van der Waals surface area contributed by atoms with Crippen molar-refractivity contribution in [3.8, 4) is 6.07 Å². The van der Waals surface area contributed by atoms with E-state index in [4.69, 9.17) is 4.74 Å². The van der Waals surface area contributed by atoms with Crippen molar-refractivity contribution in [1.29, 1.82) is 5.26 Å². The quantitative estimate of drug-likeness (QED) is 0.424. The number of carbonyl (C=O) groups excluding carboxylic acids is 1. The minimum absolute atomic E-state index is 0.334. The minimum atomic E-state index is -0.946. The molecule has 3 heteroatoms. The first kappa shape index (κ1) is 19.2. The van der Waals surface area contributed by atoms with Crippen LogP contribution in [0.25, 0.3) is 0 Å². The van der Waals surface area contributed by atoms with E-state index in [2.05, 4.69) is 37.3 Å². The molecule has 1 aromatic rings. The SMILES string of the molecule is CCCC[C@@](C#N)(CCCCCc1ccccc1)C(=O)OCC. The Balaban J connectivity index is 2.47. The highest BCUT2D eigenvalue weighted by Crippen LogP contribution is 2.32. The predicted octanol–water partition coefficient (Wildman–Crippen LogP) is 5.05. The number of benzene rings is 1. The van der Waals surface area contributed by atoms with Crippen molar-refractivity contribution in [2.75, 3.05) is 6.61 Å². The molecule has 0 aliphatic heterocycles. The summed E-state index contributed by atoms with van der Waals surface area (Å²) < 4.78 is 5.16. The molecule has 1 aromatic carbocycles. The molecule has 0 aliphatic carbocycles. The number of carbonyl (C=O) groups is 1. The fourth-order valence-corrected chi connectivity index (χ4v) is 2.81. The average molecular weight is 315 g/mol. The third-order valence-corrected chi connectivity index (χ3v) is 4.25. The summed E-state index contributed by atoms with van der Waals surface area (Å²) in [5.41, 5.74) is 0.397. The van der Waals surface area contributed by atoms with Crippen LogP contribution in [0.1, 0.15) is 64.4 Å². The lowest BCUT2D eigenvalue weighted by Crippen LogP contribution is -2.31. The van der Waals surface area contributed by atoms with Crippen LogP contribution >= 0.6 is 0 Å². The van der Waals surface area contributed by atoms with E-state index in [0.717, 1.165) is 38.5 Å². The van der Waals surface area contributed by atoms with Gasteiger partial charge in [0.15, 0.2) is 5.41 Å². The van der Waals surface area contributed by atoms with Gasteiger partial charge in [0.05, 0.1) is 12.7 Å². The molecular weight excluding hydrogens is 286 g/mol. The van der Waals surface area contributed by atoms with E-state index in [-0.39, 0.29) is 5.97 Å². The molecule has 0 bridgehead atoms. The van der Waals surface area contributed by atoms with Crippen molar-refractivity contribution >= 4 is 5.97 Å². The number of unbranched alkanes of at least 4 members (excludes halogenated alkanes) is 3. The van der Waals surface area contributed by atoms with Gasteiger partial charge in [0.2, 0.25) is 0 Å². The van der Waals surface area contributed by atoms with Crippen LogP contribution in [-0.2, 0) is 16.0 Å². The van der Waals surface area contributed by atoms with Crippen LogP contribution in [0.15, 0.2) is 30.3 Å². The normalized spacial score (nSPS) is 13.1. The van der Waals surface area contributed by atoms with Gasteiger partial charge in [0, 0.05) is 0 Å². The minimum Gasteiger partial charge on any atom is -0.465 e. The lowest BCUT2D eigenvalue weighted by molar-refractivity contribution is -0.152. The number of esters is 1. The van der Waals surface area contributed by atoms with Crippen LogP contribution in [0.4, 0.5) is 0 Å². The first-order valence-corrected chi connectivity index (χ1v) is 8.81. The highest BCUT2D eigenvalue weighted by molar-refractivity contribution is 5.80. The first-order valence-electron chi connectivity index (χ1n) is 8.81. The molecule has 1 atom stereocenters. The molecule has 0 heterocycles. The second-order valence-electron chi connectivity index (χ2n) is 6.06. The Morgan fingerprint density at radius 2 is 1.78 bits per heavy atom. The van der Waals surface area contributed by atoms with Crippen molar-refractivity contribution in [3.63, 3.8) is 0 Å². The molecule has 1 rings (SSSR count). The molecule has 0 fully saturated rings. The number of hydrogen-bond acceptors (Lipinski definition) is 3. The Kier molecular flexibility index (Phi) is 9.05. The monoisotopic (exact) mass is 315 g/mol. The van der Waals surface area contributed by atoms with Gasteiger partial charge in [0.25, 0.3) is 0 Å². The molecule has 0 saturated heterocycles. The predicted molar refractivity (Wildman–Crippen MR) is 92.8 cm³/mol. The van der Waals surface area contributed by atoms with E-state index in [1.54, 1.807) is 6.92 Å². The van der Waals surface area contributed by atoms with Gasteiger partial charge in [-0.25, -0.2) is 0 Å². The van der Waals surface area contributed by atoms with Crippen molar-refractivity contribution in [2.45, 2.75) is 65.2 Å². The van der Waals surface area contributed by atoms with E-state index < -0.39 is 5.41 Å². The largest absolute Gasteiger partial charge is 0.465 e. The van der Waals surface area contributed by atoms with E-state index >= 15 is 0 Å². The molecule has 0 N–H and O–H groups in total. The molecular formula is C20H29NO2. The summed E-state index contributed by atoms with van der Waals surface area (Å²) in [6, 6.07) is 12.7. The third-order valence-electron chi connectivity index (χ3n) is 4.25. The summed E-state index contributed by atoms with van der Waals surface area (Å²) in [7, 11) is 0. The first-order chi connectivity index (χ1) is 11.2. The van der Waals surface area contributed by atoms with Gasteiger partial charge in [-0.3, -0.25) is 4.79 Å². The van der Waals surface area contributed by atoms with Crippen LogP contribution in [-0.4, -0.2) is 12.6 Å². The number of rotatable bonds is 11. The van der Waals surface area contributed by atoms with Crippen LogP contribution in [0, 0.1) is 16.7 Å². The fraction of sp³-hybridized carbons (Fsp3) is 0.600. The smallest absolute Gasteiger partial charge is 0.326 e. The maximum atomic E-state index is 12.2. The summed E-state index contributed by atoms with van der Waals surface area (Å²) in [6.07, 6.45) is 7.14. The van der Waals surface area contributed by atoms with Gasteiger partial charge in [0.1, 0.15) is 0 Å². The molecule has 0 aliphatic rings. The van der Waals surface area contributed by atoms with E-state index in [9.17, 15) is 10.1 Å². The number of hydrogen-bond donors (Lipinski definition) is 0. The molecule has 0 amide bonds. The summed E-state index contributed by atoms with van der Waals surface area (Å²) in [4.78, 5) is 12.2. The molecule has 0 spiro atoms. The van der Waals surface area contributed by atoms with E-state index in [1.807, 2.05) is 6.07 Å². The number of nitriles is 1. The van der Waals surface area contributed by atoms with Crippen molar-refractivity contribution in [2.24, 2.45) is 5.41 Å². The lowest BCUT2D eigenvalue weighted by Gasteiger charge is -2.24. The molecule has 0 radical (unpaired) electrons. The Hall–Kier alpha value is -1.82. The zero-order valence-electron chi connectivity index (χ0n) is 14.5. The van der Waals surface area contributed by atoms with Crippen LogP contribution in [0.5, 0.6) is 0 Å². The van der Waals surface area contributed by atoms with Crippen LogP contribution in [0.2, 0.25) is 0 Å². The molecule has 0 saturated carbocycles. The van der Waals surface area contributed by atoms with Gasteiger partial charge >= 0.3 is 5.97 Å². The standard InChI is InChI=1S/C20H29NO2/c1-3-5-15-20(17-21,19(22)23-4-2)16-11-7-10-14-18-12-8-6-9-13-18/h6,8-9,12-13H,3-5,7,10-11,14-16H2,1-2H3/t20-/m0/s1. The zero-order valence-corrected chi connectivity index (χ0v) is 14.5. The Morgan fingerprint density at radius 1 is 1.09 bits per heavy atom. The molecule has 126 valence electrons. The van der Waals surface area contributed by atoms with Gasteiger partial charge in [-0.05, 0) is 38.2 Å². The summed E-state index contributed by atoms with van der Waals surface area (Å²) in [5.74, 6) is -0.334. The van der Waals surface area contributed by atoms with Crippen LogP contribution < -0.4 is 0 Å². The topological polar surface area (TPSA) is 50.1 Å². The van der Waals surface area contributed by atoms with Crippen molar-refractivity contribution in [3.05, 3.63) is 35.9 Å². The lowest BCUT2D eigenvalue weighted by atomic mass is 9.79. The number of ether oxygens (including phenoxy) is 1. The van der Waals surface area contributed by atoms with Gasteiger partial charge in [-0.2, -0.15) is 5.26 Å². The second kappa shape index (κ2) is 10.8. The van der Waals surface area contributed by atoms with E-state index in [1.165, 1.54) is 5.56 Å². The van der Waals surface area contributed by atoms with Gasteiger partial charge in [-0.1, -0.05) is 62.9 Å². The number of nitrogens with zero attached hydrogens (tertiary/aromatic N) is 1. The third kappa shape index (κ3) is 6.44. The molecule has 3 nitrogen and oxygen atoms in total. The number of aryl methyl sites for hydroxylation is 1. The summed E-state index contributed by atoms with van der Waals surface area (Å²) in [5, 5.41) is 9.58. The van der Waals surface area contributed by atoms with Gasteiger partial charge in [-0.15, -0.1) is 0 Å². The summed E-state index contributed by atoms with van der Waals surface area (Å²) >= 11 is 0. The fourth-order valence-electron chi connectivity index (χ4n) is 2.81. The maximum Gasteiger partial charge on any atom is 0.326 e. The Labute approximate surface area is 140 Å². The van der Waals surface area contributed by atoms with Crippen molar-refractivity contribution < 1.29 is 9.53 Å². The zero-order chi connectivity index (χ0) is 17.0. The molecule has 0 unspecified atom stereocenters. The summed E-state index contributed by atoms with van der Waals surface area (Å²) in [6.45, 7) is 4.20. The highest BCUT2D eigenvalue weighted by atomic mass is 16.5. The Bertz CT molecular complexity index is 492. The maximum absolute atomic E-state index is 12.2. The Morgan fingerprint density at radius 3 is 2.39 bits per heavy atom. The molecule has 23 heavy (non-hydrogen) atoms. The van der Waals surface area contributed by atoms with Crippen LogP contribution in [0.3, 0.4) is 0 Å². The second-order valence-corrected chi connectivity index (χ2v) is 6.06. The molecule has 0 aromatic heterocycles. The average Bonchev–Trinajstić information content (AvgIpc) is 2.58. The highest BCUT2D eigenvalue weighted by Gasteiger charge is 2.39. The van der Waals surface area contributed by atoms with Gasteiger partial charge < -0.3 is 4.74 Å².